The molecular weight excluding hydrogens is 390 g/mol. The van der Waals surface area contributed by atoms with E-state index in [9.17, 15) is 13.6 Å². The Morgan fingerprint density at radius 2 is 1.83 bits per heavy atom. The lowest BCUT2D eigenvalue weighted by atomic mass is 10.2. The fraction of sp³-hybridized carbons (Fsp3) is 0.182. The molecule has 1 aliphatic heterocycles. The van der Waals surface area contributed by atoms with Crippen LogP contribution in [-0.4, -0.2) is 37.2 Å². The highest BCUT2D eigenvalue weighted by atomic mass is 19.1. The van der Waals surface area contributed by atoms with Crippen LogP contribution in [0.5, 0.6) is 0 Å². The van der Waals surface area contributed by atoms with Crippen molar-refractivity contribution in [2.75, 3.05) is 41.8 Å². The molecular formula is C22H20F2N4O2. The number of hydrogen-bond acceptors (Lipinski definition) is 5. The standard InChI is InChI=1S/C22H20F2N4O2/c23-15-3-1-4-16(13-15)26-21-18(5-2-8-25-21)22(29)27-17-6-7-20(19(24)14-17)28-9-11-30-12-10-28/h1-8,13-14H,9-12H2,(H,25,26)(H,27,29). The maximum atomic E-state index is 14.6. The number of halogens is 2. The number of ether oxygens (including phenoxy) is 1. The van der Waals surface area contributed by atoms with Gasteiger partial charge < -0.3 is 20.3 Å². The molecule has 154 valence electrons. The molecule has 0 spiro atoms. The van der Waals surface area contributed by atoms with E-state index in [-0.39, 0.29) is 11.4 Å². The molecule has 8 heteroatoms. The number of nitrogens with zero attached hydrogens (tertiary/aromatic N) is 2. The monoisotopic (exact) mass is 410 g/mol. The van der Waals surface area contributed by atoms with Gasteiger partial charge in [0.2, 0.25) is 0 Å². The molecule has 4 rings (SSSR count). The van der Waals surface area contributed by atoms with Crippen molar-refractivity contribution in [2.24, 2.45) is 0 Å². The lowest BCUT2D eigenvalue weighted by molar-refractivity contribution is 0.102. The van der Waals surface area contributed by atoms with Crippen molar-refractivity contribution in [3.63, 3.8) is 0 Å². The van der Waals surface area contributed by atoms with E-state index in [1.165, 1.54) is 24.4 Å². The molecule has 2 heterocycles. The molecule has 0 bridgehead atoms. The van der Waals surface area contributed by atoms with Crippen molar-refractivity contribution in [1.29, 1.82) is 0 Å². The molecule has 2 aromatic carbocycles. The van der Waals surface area contributed by atoms with Crippen molar-refractivity contribution in [3.8, 4) is 0 Å². The Bertz CT molecular complexity index is 1050. The zero-order valence-electron chi connectivity index (χ0n) is 16.1. The van der Waals surface area contributed by atoms with E-state index in [0.29, 0.717) is 43.4 Å². The van der Waals surface area contributed by atoms with Gasteiger partial charge in [-0.3, -0.25) is 4.79 Å². The largest absolute Gasteiger partial charge is 0.378 e. The molecule has 0 radical (unpaired) electrons. The van der Waals surface area contributed by atoms with Crippen LogP contribution in [0, 0.1) is 11.6 Å². The zero-order chi connectivity index (χ0) is 20.9. The van der Waals surface area contributed by atoms with Crippen molar-refractivity contribution >= 4 is 28.8 Å². The molecule has 1 saturated heterocycles. The lowest BCUT2D eigenvalue weighted by Gasteiger charge is -2.29. The number of rotatable bonds is 5. The van der Waals surface area contributed by atoms with Gasteiger partial charge in [-0.25, -0.2) is 13.8 Å². The summed E-state index contributed by atoms with van der Waals surface area (Å²) in [6, 6.07) is 13.6. The predicted molar refractivity (Wildman–Crippen MR) is 111 cm³/mol. The molecule has 30 heavy (non-hydrogen) atoms. The first kappa shape index (κ1) is 19.8. The van der Waals surface area contributed by atoms with Crippen LogP contribution in [-0.2, 0) is 4.74 Å². The summed E-state index contributed by atoms with van der Waals surface area (Å²) >= 11 is 0. The van der Waals surface area contributed by atoms with E-state index in [1.807, 2.05) is 4.90 Å². The van der Waals surface area contributed by atoms with E-state index in [4.69, 9.17) is 4.74 Å². The summed E-state index contributed by atoms with van der Waals surface area (Å²) in [4.78, 5) is 18.9. The van der Waals surface area contributed by atoms with E-state index in [1.54, 1.807) is 36.4 Å². The minimum Gasteiger partial charge on any atom is -0.378 e. The van der Waals surface area contributed by atoms with Gasteiger partial charge in [0.15, 0.2) is 0 Å². The van der Waals surface area contributed by atoms with Crippen molar-refractivity contribution < 1.29 is 18.3 Å². The average Bonchev–Trinajstić information content (AvgIpc) is 2.75. The summed E-state index contributed by atoms with van der Waals surface area (Å²) in [6.07, 6.45) is 1.52. The SMILES string of the molecule is O=C(Nc1ccc(N2CCOCC2)c(F)c1)c1cccnc1Nc1cccc(F)c1. The third-order valence-corrected chi connectivity index (χ3v) is 4.70. The Kier molecular flexibility index (Phi) is 5.85. The number of hydrogen-bond donors (Lipinski definition) is 2. The van der Waals surface area contributed by atoms with Gasteiger partial charge in [-0.2, -0.15) is 0 Å². The van der Waals surface area contributed by atoms with Gasteiger partial charge >= 0.3 is 0 Å². The van der Waals surface area contributed by atoms with E-state index < -0.39 is 17.5 Å². The van der Waals surface area contributed by atoms with Crippen LogP contribution in [0.4, 0.5) is 31.7 Å². The number of benzene rings is 2. The highest BCUT2D eigenvalue weighted by Gasteiger charge is 2.17. The van der Waals surface area contributed by atoms with Crippen LogP contribution in [0.3, 0.4) is 0 Å². The number of nitrogens with one attached hydrogen (secondary N) is 2. The number of aromatic nitrogens is 1. The zero-order valence-corrected chi connectivity index (χ0v) is 16.1. The Morgan fingerprint density at radius 1 is 1.00 bits per heavy atom. The number of carbonyl (C=O) groups excluding carboxylic acids is 1. The van der Waals surface area contributed by atoms with Gasteiger partial charge in [0.1, 0.15) is 17.5 Å². The summed E-state index contributed by atoms with van der Waals surface area (Å²) in [5.74, 6) is -1.01. The van der Waals surface area contributed by atoms with Gasteiger partial charge in [-0.15, -0.1) is 0 Å². The first-order chi connectivity index (χ1) is 14.6. The highest BCUT2D eigenvalue weighted by Crippen LogP contribution is 2.25. The van der Waals surface area contributed by atoms with Crippen molar-refractivity contribution in [2.45, 2.75) is 0 Å². The summed E-state index contributed by atoms with van der Waals surface area (Å²) in [5.41, 5.74) is 1.52. The molecule has 1 fully saturated rings. The topological polar surface area (TPSA) is 66.5 Å². The second kappa shape index (κ2) is 8.87. The molecule has 0 unspecified atom stereocenters. The lowest BCUT2D eigenvalue weighted by Crippen LogP contribution is -2.36. The number of anilines is 4. The molecule has 1 amide bonds. The number of amides is 1. The Hall–Kier alpha value is -3.52. The van der Waals surface area contributed by atoms with Gasteiger partial charge in [-0.1, -0.05) is 6.07 Å². The molecule has 0 aliphatic carbocycles. The van der Waals surface area contributed by atoms with Crippen LogP contribution < -0.4 is 15.5 Å². The molecule has 1 aliphatic rings. The number of pyridine rings is 1. The summed E-state index contributed by atoms with van der Waals surface area (Å²) in [5, 5.41) is 5.63. The van der Waals surface area contributed by atoms with Crippen molar-refractivity contribution in [3.05, 3.63) is 78.0 Å². The van der Waals surface area contributed by atoms with Crippen LogP contribution in [0.15, 0.2) is 60.8 Å². The van der Waals surface area contributed by atoms with E-state index in [2.05, 4.69) is 15.6 Å². The summed E-state index contributed by atoms with van der Waals surface area (Å²) in [6.45, 7) is 2.35. The third kappa shape index (κ3) is 4.55. The van der Waals surface area contributed by atoms with Crippen LogP contribution in [0.2, 0.25) is 0 Å². The van der Waals surface area contributed by atoms with Crippen LogP contribution in [0.1, 0.15) is 10.4 Å². The Labute approximate surface area is 172 Å². The quantitative estimate of drug-likeness (QED) is 0.660. The number of morpholine rings is 1. The molecule has 6 nitrogen and oxygen atoms in total. The van der Waals surface area contributed by atoms with E-state index >= 15 is 0 Å². The second-order valence-corrected chi connectivity index (χ2v) is 6.75. The number of carbonyl (C=O) groups is 1. The molecule has 0 saturated carbocycles. The second-order valence-electron chi connectivity index (χ2n) is 6.75. The fourth-order valence-corrected chi connectivity index (χ4v) is 3.23. The minimum atomic E-state index is -0.458. The normalized spacial score (nSPS) is 13.7. The highest BCUT2D eigenvalue weighted by molar-refractivity contribution is 6.07. The summed E-state index contributed by atoms with van der Waals surface area (Å²) < 4.78 is 33.3. The molecule has 3 aromatic rings. The Balaban J connectivity index is 1.51. The minimum absolute atomic E-state index is 0.249. The fourth-order valence-electron chi connectivity index (χ4n) is 3.23. The van der Waals surface area contributed by atoms with E-state index in [0.717, 1.165) is 0 Å². The summed E-state index contributed by atoms with van der Waals surface area (Å²) in [7, 11) is 0. The van der Waals surface area contributed by atoms with Gasteiger partial charge in [-0.05, 0) is 48.5 Å². The van der Waals surface area contributed by atoms with Gasteiger partial charge in [0, 0.05) is 30.7 Å². The average molecular weight is 410 g/mol. The molecule has 1 aromatic heterocycles. The van der Waals surface area contributed by atoms with Gasteiger partial charge in [0.25, 0.3) is 5.91 Å². The smallest absolute Gasteiger partial charge is 0.259 e. The molecule has 0 atom stereocenters. The first-order valence-corrected chi connectivity index (χ1v) is 9.51. The first-order valence-electron chi connectivity index (χ1n) is 9.51. The van der Waals surface area contributed by atoms with Crippen molar-refractivity contribution in [1.82, 2.24) is 4.98 Å². The van der Waals surface area contributed by atoms with Gasteiger partial charge in [0.05, 0.1) is 24.5 Å². The molecule has 2 N–H and O–H groups in total. The van der Waals surface area contributed by atoms with Crippen LogP contribution >= 0.6 is 0 Å². The predicted octanol–water partition coefficient (Wildman–Crippen LogP) is 4.19. The Morgan fingerprint density at radius 3 is 2.60 bits per heavy atom. The maximum absolute atomic E-state index is 14.6. The van der Waals surface area contributed by atoms with Crippen LogP contribution in [0.25, 0.3) is 0 Å². The maximum Gasteiger partial charge on any atom is 0.259 e. The third-order valence-electron chi connectivity index (χ3n) is 4.70.